The molecule has 7 heteroatoms. The third kappa shape index (κ3) is 4.58. The first-order valence-electron chi connectivity index (χ1n) is 20.7. The molecule has 0 bridgehead atoms. The zero-order valence-electron chi connectivity index (χ0n) is 32.6. The van der Waals surface area contributed by atoms with Crippen molar-refractivity contribution in [3.63, 3.8) is 0 Å². The molecule has 280 valence electrons. The van der Waals surface area contributed by atoms with Crippen LogP contribution in [0, 0.1) is 79.3 Å². The molecule has 1 saturated heterocycles. The number of hydrogen-bond acceptors (Lipinski definition) is 5. The number of aliphatic carboxylic acids is 1. The maximum atomic E-state index is 14.8. The van der Waals surface area contributed by atoms with Crippen LogP contribution >= 0.6 is 0 Å². The Hall–Kier alpha value is -1.63. The summed E-state index contributed by atoms with van der Waals surface area (Å²) in [5.41, 5.74) is 0.108. The zero-order chi connectivity index (χ0) is 35.9. The molecule has 0 aromatic carbocycles. The van der Waals surface area contributed by atoms with Gasteiger partial charge in [0.1, 0.15) is 6.10 Å². The van der Waals surface area contributed by atoms with Crippen LogP contribution in [-0.4, -0.2) is 60.3 Å². The summed E-state index contributed by atoms with van der Waals surface area (Å²) in [4.78, 5) is 42.3. The van der Waals surface area contributed by atoms with Gasteiger partial charge in [0.25, 0.3) is 0 Å². The van der Waals surface area contributed by atoms with Crippen molar-refractivity contribution in [3.8, 4) is 0 Å². The SMILES string of the molecule is CC1(C2CCC3(C(=O)N4CCOCC4)CCC4(C)C(CCC5C6(C)CCC(OC(=O)C7CC(C(=O)O)C7(C)C)C(C)(C)C6CCC54C)C23)CC1. The molecule has 12 atom stereocenters. The number of nitrogens with zero attached hydrogens (tertiary/aromatic N) is 1. The second-order valence-corrected chi connectivity index (χ2v) is 21.3. The minimum absolute atomic E-state index is 0.135. The average molecular weight is 694 g/mol. The van der Waals surface area contributed by atoms with E-state index in [4.69, 9.17) is 9.47 Å². The van der Waals surface area contributed by atoms with Crippen LogP contribution in [0.3, 0.4) is 0 Å². The number of amides is 1. The van der Waals surface area contributed by atoms with Crippen molar-refractivity contribution in [2.75, 3.05) is 26.3 Å². The zero-order valence-corrected chi connectivity index (χ0v) is 32.6. The third-order valence-corrected chi connectivity index (χ3v) is 19.1. The van der Waals surface area contributed by atoms with Gasteiger partial charge in [0.05, 0.1) is 30.5 Å². The summed E-state index contributed by atoms with van der Waals surface area (Å²) in [6.45, 7) is 21.9. The van der Waals surface area contributed by atoms with Crippen LogP contribution in [0.15, 0.2) is 0 Å². The molecule has 7 aliphatic carbocycles. The summed E-state index contributed by atoms with van der Waals surface area (Å²) in [5, 5.41) is 9.65. The van der Waals surface area contributed by atoms with Gasteiger partial charge < -0.3 is 19.5 Å². The van der Waals surface area contributed by atoms with Crippen molar-refractivity contribution in [2.24, 2.45) is 79.3 Å². The number of rotatable bonds is 5. The van der Waals surface area contributed by atoms with Crippen LogP contribution in [0.25, 0.3) is 0 Å². The number of carbonyl (C=O) groups is 3. The molecule has 8 rings (SSSR count). The molecule has 12 unspecified atom stereocenters. The van der Waals surface area contributed by atoms with E-state index < -0.39 is 17.3 Å². The van der Waals surface area contributed by atoms with Gasteiger partial charge in [0.2, 0.25) is 5.91 Å². The van der Waals surface area contributed by atoms with Crippen LogP contribution in [0.2, 0.25) is 0 Å². The van der Waals surface area contributed by atoms with Gasteiger partial charge in [0, 0.05) is 18.5 Å². The van der Waals surface area contributed by atoms with Gasteiger partial charge in [-0.1, -0.05) is 55.4 Å². The second kappa shape index (κ2) is 11.2. The predicted molar refractivity (Wildman–Crippen MR) is 192 cm³/mol. The van der Waals surface area contributed by atoms with E-state index in [0.29, 0.717) is 60.5 Å². The number of ether oxygens (including phenoxy) is 2. The lowest BCUT2D eigenvalue weighted by Crippen LogP contribution is -2.68. The summed E-state index contributed by atoms with van der Waals surface area (Å²) in [6.07, 6.45) is 14.3. The van der Waals surface area contributed by atoms with Crippen LogP contribution in [0.1, 0.15) is 139 Å². The number of carboxylic acid groups (broad SMARTS) is 1. The smallest absolute Gasteiger partial charge is 0.309 e. The number of esters is 1. The molecule has 0 aromatic rings. The Bertz CT molecular complexity index is 1430. The number of fused-ring (bicyclic) bond motifs is 7. The van der Waals surface area contributed by atoms with Gasteiger partial charge in [-0.3, -0.25) is 14.4 Å². The molecule has 1 aliphatic heterocycles. The molecular formula is C43H67NO6. The summed E-state index contributed by atoms with van der Waals surface area (Å²) in [6, 6.07) is 0. The number of hydrogen-bond donors (Lipinski definition) is 1. The minimum Gasteiger partial charge on any atom is -0.481 e. The van der Waals surface area contributed by atoms with E-state index in [2.05, 4.69) is 46.4 Å². The monoisotopic (exact) mass is 693 g/mol. The number of carbonyl (C=O) groups excluding carboxylic acids is 2. The van der Waals surface area contributed by atoms with Crippen LogP contribution < -0.4 is 0 Å². The third-order valence-electron chi connectivity index (χ3n) is 19.1. The number of carboxylic acids is 1. The largest absolute Gasteiger partial charge is 0.481 e. The molecule has 0 aromatic heterocycles. The molecule has 1 heterocycles. The maximum absolute atomic E-state index is 14.8. The summed E-state index contributed by atoms with van der Waals surface area (Å²) in [7, 11) is 0. The fourth-order valence-corrected chi connectivity index (χ4v) is 15.5. The Labute approximate surface area is 301 Å². The molecule has 1 amide bonds. The molecule has 7 saturated carbocycles. The van der Waals surface area contributed by atoms with E-state index >= 15 is 0 Å². The maximum Gasteiger partial charge on any atom is 0.309 e. The van der Waals surface area contributed by atoms with Crippen molar-refractivity contribution < 1.29 is 29.0 Å². The van der Waals surface area contributed by atoms with Gasteiger partial charge in [-0.05, 0) is 140 Å². The van der Waals surface area contributed by atoms with Crippen molar-refractivity contribution in [2.45, 2.75) is 145 Å². The molecular weight excluding hydrogens is 626 g/mol. The van der Waals surface area contributed by atoms with Crippen LogP contribution in [0.5, 0.6) is 0 Å². The average Bonchev–Trinajstić information content (AvgIpc) is 3.67. The molecule has 50 heavy (non-hydrogen) atoms. The van der Waals surface area contributed by atoms with Crippen molar-refractivity contribution >= 4 is 17.8 Å². The van der Waals surface area contributed by atoms with E-state index in [9.17, 15) is 19.5 Å². The van der Waals surface area contributed by atoms with Crippen molar-refractivity contribution in [1.29, 1.82) is 0 Å². The first-order valence-corrected chi connectivity index (χ1v) is 20.7. The number of morpholine rings is 1. The van der Waals surface area contributed by atoms with Crippen LogP contribution in [-0.2, 0) is 23.9 Å². The van der Waals surface area contributed by atoms with E-state index in [-0.39, 0.29) is 45.1 Å². The Kier molecular flexibility index (Phi) is 7.93. The normalized spacial score (nSPS) is 49.6. The highest BCUT2D eigenvalue weighted by molar-refractivity contribution is 5.84. The lowest BCUT2D eigenvalue weighted by Gasteiger charge is -2.73. The second-order valence-electron chi connectivity index (χ2n) is 21.3. The fourth-order valence-electron chi connectivity index (χ4n) is 15.5. The Morgan fingerprint density at radius 3 is 2.02 bits per heavy atom. The Morgan fingerprint density at radius 2 is 1.38 bits per heavy atom. The summed E-state index contributed by atoms with van der Waals surface area (Å²) < 4.78 is 12.1. The first kappa shape index (κ1) is 35.4. The topological polar surface area (TPSA) is 93.1 Å². The molecule has 8 fully saturated rings. The molecule has 0 spiro atoms. The van der Waals surface area contributed by atoms with Gasteiger partial charge in [-0.15, -0.1) is 0 Å². The highest BCUT2D eigenvalue weighted by Crippen LogP contribution is 2.79. The van der Waals surface area contributed by atoms with Crippen molar-refractivity contribution in [3.05, 3.63) is 0 Å². The van der Waals surface area contributed by atoms with E-state index in [1.807, 2.05) is 13.8 Å². The molecule has 1 N–H and O–H groups in total. The highest BCUT2D eigenvalue weighted by atomic mass is 16.5. The lowest BCUT2D eigenvalue weighted by molar-refractivity contribution is -0.253. The van der Waals surface area contributed by atoms with E-state index in [0.717, 1.165) is 45.2 Å². The standard InChI is InChI=1S/C43H67NO6/c1-37(2)28(34(45)46)25-29(37)35(47)50-32-13-14-40(6)30(38(32,3)4)12-15-42(8)31(40)10-9-27-33-26(39(5)17-18-39)11-16-43(33,20-19-41(27,42)7)36(48)44-21-23-49-24-22-44/h26-33H,9-25H2,1-8H3,(H,45,46). The van der Waals surface area contributed by atoms with Gasteiger partial charge in [0.15, 0.2) is 0 Å². The van der Waals surface area contributed by atoms with Gasteiger partial charge >= 0.3 is 11.9 Å². The van der Waals surface area contributed by atoms with E-state index in [1.165, 1.54) is 44.9 Å². The summed E-state index contributed by atoms with van der Waals surface area (Å²) >= 11 is 0. The highest BCUT2D eigenvalue weighted by Gasteiger charge is 2.74. The van der Waals surface area contributed by atoms with Crippen LogP contribution in [0.4, 0.5) is 0 Å². The predicted octanol–water partition coefficient (Wildman–Crippen LogP) is 8.39. The Balaban J connectivity index is 1.05. The van der Waals surface area contributed by atoms with Gasteiger partial charge in [-0.25, -0.2) is 0 Å². The lowest BCUT2D eigenvalue weighted by atomic mass is 9.32. The van der Waals surface area contributed by atoms with Crippen molar-refractivity contribution in [1.82, 2.24) is 4.90 Å². The fraction of sp³-hybridized carbons (Fsp3) is 0.930. The molecule has 7 nitrogen and oxygen atoms in total. The quantitative estimate of drug-likeness (QED) is 0.291. The summed E-state index contributed by atoms with van der Waals surface area (Å²) in [5.74, 6) is 1.50. The van der Waals surface area contributed by atoms with E-state index in [1.54, 1.807) is 0 Å². The molecule has 0 radical (unpaired) electrons. The first-order chi connectivity index (χ1) is 23.4. The Morgan fingerprint density at radius 1 is 0.680 bits per heavy atom. The van der Waals surface area contributed by atoms with Gasteiger partial charge in [-0.2, -0.15) is 0 Å². The minimum atomic E-state index is -0.806. The molecule has 8 aliphatic rings.